The van der Waals surface area contributed by atoms with Gasteiger partial charge in [-0.05, 0) is 54.8 Å². The van der Waals surface area contributed by atoms with Gasteiger partial charge in [-0.25, -0.2) is 0 Å². The zero-order valence-corrected chi connectivity index (χ0v) is 17.4. The molecule has 0 atom stereocenters. The number of pyridine rings is 1. The topological polar surface area (TPSA) is 62.5 Å². The van der Waals surface area contributed by atoms with Gasteiger partial charge in [0.15, 0.2) is 5.76 Å². The van der Waals surface area contributed by atoms with Gasteiger partial charge in [0, 0.05) is 61.8 Å². The van der Waals surface area contributed by atoms with Crippen LogP contribution >= 0.6 is 11.6 Å². The van der Waals surface area contributed by atoms with E-state index in [0.717, 1.165) is 56.8 Å². The molecule has 0 bridgehead atoms. The molecule has 0 spiro atoms. The van der Waals surface area contributed by atoms with Crippen LogP contribution in [0.25, 0.3) is 11.3 Å². The van der Waals surface area contributed by atoms with Crippen molar-refractivity contribution in [1.82, 2.24) is 19.9 Å². The van der Waals surface area contributed by atoms with E-state index >= 15 is 0 Å². The zero-order valence-electron chi connectivity index (χ0n) is 16.6. The molecule has 3 aromatic rings. The number of halogens is 1. The maximum Gasteiger partial charge on any atom is 0.235 e. The number of amides is 1. The van der Waals surface area contributed by atoms with E-state index in [9.17, 15) is 4.79 Å². The van der Waals surface area contributed by atoms with E-state index < -0.39 is 5.41 Å². The Hall–Kier alpha value is -2.70. The smallest absolute Gasteiger partial charge is 0.235 e. The van der Waals surface area contributed by atoms with Crippen molar-refractivity contribution in [3.05, 3.63) is 71.1 Å². The Morgan fingerprint density at radius 1 is 1.03 bits per heavy atom. The monoisotopic (exact) mass is 422 g/mol. The molecule has 154 valence electrons. The van der Waals surface area contributed by atoms with Crippen LogP contribution in [0, 0.1) is 0 Å². The van der Waals surface area contributed by atoms with Gasteiger partial charge in [-0.2, -0.15) is 0 Å². The number of carbonyl (C=O) groups excluding carboxylic acids is 1. The first-order valence-corrected chi connectivity index (χ1v) is 10.7. The lowest BCUT2D eigenvalue weighted by molar-refractivity contribution is -0.136. The zero-order chi connectivity index (χ0) is 20.6. The quantitative estimate of drug-likeness (QED) is 0.626. The predicted octanol–water partition coefficient (Wildman–Crippen LogP) is 3.77. The van der Waals surface area contributed by atoms with Crippen LogP contribution in [0.1, 0.15) is 24.1 Å². The number of piperazine rings is 1. The highest BCUT2D eigenvalue weighted by Gasteiger charge is 2.55. The van der Waals surface area contributed by atoms with Gasteiger partial charge in [-0.3, -0.25) is 14.7 Å². The summed E-state index contributed by atoms with van der Waals surface area (Å²) in [6.07, 6.45) is 5.30. The third-order valence-electron chi connectivity index (χ3n) is 6.10. The average Bonchev–Trinajstić information content (AvgIpc) is 3.44. The van der Waals surface area contributed by atoms with Gasteiger partial charge in [0.2, 0.25) is 5.91 Å². The predicted molar refractivity (Wildman–Crippen MR) is 114 cm³/mol. The molecule has 1 aliphatic heterocycles. The van der Waals surface area contributed by atoms with Crippen molar-refractivity contribution >= 4 is 17.5 Å². The Morgan fingerprint density at radius 3 is 2.40 bits per heavy atom. The molecular formula is C23H23ClN4O2. The van der Waals surface area contributed by atoms with E-state index in [4.69, 9.17) is 16.1 Å². The lowest BCUT2D eigenvalue weighted by atomic mass is 9.99. The molecule has 5 rings (SSSR count). The Morgan fingerprint density at radius 2 is 1.73 bits per heavy atom. The fourth-order valence-electron chi connectivity index (χ4n) is 4.11. The second-order valence-corrected chi connectivity index (χ2v) is 8.53. The fraction of sp³-hybridized carbons (Fsp3) is 0.348. The van der Waals surface area contributed by atoms with Crippen molar-refractivity contribution in [1.29, 1.82) is 0 Å². The summed E-state index contributed by atoms with van der Waals surface area (Å²) >= 11 is 5.97. The minimum Gasteiger partial charge on any atom is -0.356 e. The van der Waals surface area contributed by atoms with E-state index in [-0.39, 0.29) is 5.91 Å². The molecule has 0 radical (unpaired) electrons. The van der Waals surface area contributed by atoms with Crippen molar-refractivity contribution in [2.24, 2.45) is 0 Å². The van der Waals surface area contributed by atoms with E-state index in [2.05, 4.69) is 15.0 Å². The average molecular weight is 423 g/mol. The molecule has 1 saturated carbocycles. The summed E-state index contributed by atoms with van der Waals surface area (Å²) in [7, 11) is 0. The molecular weight excluding hydrogens is 400 g/mol. The summed E-state index contributed by atoms with van der Waals surface area (Å²) in [5.74, 6) is 0.852. The largest absolute Gasteiger partial charge is 0.356 e. The van der Waals surface area contributed by atoms with E-state index in [0.29, 0.717) is 10.8 Å². The third kappa shape index (κ3) is 3.73. The van der Waals surface area contributed by atoms with Crippen molar-refractivity contribution in [2.75, 3.05) is 26.2 Å². The van der Waals surface area contributed by atoms with Crippen LogP contribution in [0.15, 0.2) is 59.4 Å². The summed E-state index contributed by atoms with van der Waals surface area (Å²) < 4.78 is 5.56. The second-order valence-electron chi connectivity index (χ2n) is 8.09. The van der Waals surface area contributed by atoms with Gasteiger partial charge in [0.05, 0.1) is 11.1 Å². The SMILES string of the molecule is O=C(N1CCN(Cc2ccncc2)CC1)C1(c2cc(-c3ccc(Cl)cc3)on2)CC1. The van der Waals surface area contributed by atoms with Gasteiger partial charge in [-0.15, -0.1) is 0 Å². The number of nitrogens with zero attached hydrogens (tertiary/aromatic N) is 4. The van der Waals surface area contributed by atoms with Crippen LogP contribution in [0.5, 0.6) is 0 Å². The maximum absolute atomic E-state index is 13.3. The first kappa shape index (κ1) is 19.3. The summed E-state index contributed by atoms with van der Waals surface area (Å²) in [5.41, 5.74) is 2.39. The van der Waals surface area contributed by atoms with Gasteiger partial charge in [0.25, 0.3) is 0 Å². The standard InChI is InChI=1S/C23H23ClN4O2/c24-19-3-1-18(2-4-19)20-15-21(26-30-20)23(7-8-23)22(29)28-13-11-27(12-14-28)16-17-5-9-25-10-6-17/h1-6,9-10,15H,7-8,11-14,16H2. The maximum atomic E-state index is 13.3. The van der Waals surface area contributed by atoms with Gasteiger partial charge < -0.3 is 9.42 Å². The summed E-state index contributed by atoms with van der Waals surface area (Å²) in [5, 5.41) is 4.94. The highest BCUT2D eigenvalue weighted by molar-refractivity contribution is 6.30. The van der Waals surface area contributed by atoms with Gasteiger partial charge in [0.1, 0.15) is 0 Å². The fourth-order valence-corrected chi connectivity index (χ4v) is 4.24. The number of benzene rings is 1. The minimum atomic E-state index is -0.512. The summed E-state index contributed by atoms with van der Waals surface area (Å²) in [6, 6.07) is 13.4. The lowest BCUT2D eigenvalue weighted by Crippen LogP contribution is -2.51. The van der Waals surface area contributed by atoms with E-state index in [1.165, 1.54) is 5.56 Å². The molecule has 2 aromatic heterocycles. The highest BCUT2D eigenvalue weighted by atomic mass is 35.5. The van der Waals surface area contributed by atoms with Crippen LogP contribution in [0.2, 0.25) is 5.02 Å². The van der Waals surface area contributed by atoms with Crippen molar-refractivity contribution < 1.29 is 9.32 Å². The summed E-state index contributed by atoms with van der Waals surface area (Å²) in [6.45, 7) is 4.13. The molecule has 6 nitrogen and oxygen atoms in total. The number of hydrogen-bond donors (Lipinski definition) is 0. The van der Waals surface area contributed by atoms with Crippen LogP contribution in [0.4, 0.5) is 0 Å². The molecule has 0 unspecified atom stereocenters. The molecule has 30 heavy (non-hydrogen) atoms. The number of rotatable bonds is 5. The molecule has 0 N–H and O–H groups in total. The molecule has 2 aliphatic rings. The van der Waals surface area contributed by atoms with Gasteiger partial charge in [-0.1, -0.05) is 16.8 Å². The second kappa shape index (κ2) is 7.85. The van der Waals surface area contributed by atoms with Crippen molar-refractivity contribution in [2.45, 2.75) is 24.8 Å². The van der Waals surface area contributed by atoms with Crippen LogP contribution in [0.3, 0.4) is 0 Å². The first-order valence-electron chi connectivity index (χ1n) is 10.3. The number of hydrogen-bond acceptors (Lipinski definition) is 5. The molecule has 7 heteroatoms. The highest BCUT2D eigenvalue weighted by Crippen LogP contribution is 2.50. The number of carbonyl (C=O) groups is 1. The molecule has 3 heterocycles. The van der Waals surface area contributed by atoms with Crippen molar-refractivity contribution in [3.63, 3.8) is 0 Å². The minimum absolute atomic E-state index is 0.182. The molecule has 1 saturated heterocycles. The summed E-state index contributed by atoms with van der Waals surface area (Å²) in [4.78, 5) is 21.8. The first-order chi connectivity index (χ1) is 14.6. The van der Waals surface area contributed by atoms with E-state index in [1.54, 1.807) is 0 Å². The Kier molecular flexibility index (Phi) is 5.05. The Balaban J connectivity index is 1.24. The molecule has 2 fully saturated rings. The van der Waals surface area contributed by atoms with Crippen LogP contribution in [-0.2, 0) is 16.8 Å². The molecule has 1 amide bonds. The molecule has 1 aromatic carbocycles. The Bertz CT molecular complexity index is 1020. The lowest BCUT2D eigenvalue weighted by Gasteiger charge is -2.36. The van der Waals surface area contributed by atoms with E-state index in [1.807, 2.05) is 59.8 Å². The number of aromatic nitrogens is 2. The van der Waals surface area contributed by atoms with Gasteiger partial charge >= 0.3 is 0 Å². The van der Waals surface area contributed by atoms with Crippen LogP contribution < -0.4 is 0 Å². The van der Waals surface area contributed by atoms with Crippen LogP contribution in [-0.4, -0.2) is 52.0 Å². The van der Waals surface area contributed by atoms with Crippen molar-refractivity contribution in [3.8, 4) is 11.3 Å². The Labute approximate surface area is 180 Å². The third-order valence-corrected chi connectivity index (χ3v) is 6.36. The normalized spacial score (nSPS) is 18.4. The molecule has 1 aliphatic carbocycles.